The van der Waals surface area contributed by atoms with Gasteiger partial charge in [-0.15, -0.1) is 0 Å². The third kappa shape index (κ3) is 3.02. The van der Waals surface area contributed by atoms with E-state index >= 15 is 0 Å². The van der Waals surface area contributed by atoms with Gasteiger partial charge in [-0.2, -0.15) is 0 Å². The van der Waals surface area contributed by atoms with E-state index in [0.29, 0.717) is 6.54 Å². The maximum atomic E-state index is 11.1. The monoisotopic (exact) mass is 258 g/mol. The molecule has 100 valence electrons. The lowest BCUT2D eigenvalue weighted by Gasteiger charge is -2.19. The van der Waals surface area contributed by atoms with Crippen LogP contribution >= 0.6 is 0 Å². The lowest BCUT2D eigenvalue weighted by molar-refractivity contribution is 0.0690. The van der Waals surface area contributed by atoms with Gasteiger partial charge in [0.2, 0.25) is 0 Å². The Hall–Kier alpha value is -2.10. The molecule has 0 bridgehead atoms. The van der Waals surface area contributed by atoms with Crippen LogP contribution < -0.4 is 0 Å². The normalized spacial score (nSPS) is 11.5. The molecule has 4 nitrogen and oxygen atoms in total. The quantitative estimate of drug-likeness (QED) is 0.921. The Kier molecular flexibility index (Phi) is 3.42. The molecule has 0 amide bonds. The molecule has 19 heavy (non-hydrogen) atoms. The number of hydrogen-bond acceptors (Lipinski definition) is 2. The van der Waals surface area contributed by atoms with Crippen molar-refractivity contribution >= 4 is 5.97 Å². The molecule has 0 atom stereocenters. The predicted molar refractivity (Wildman–Crippen MR) is 73.4 cm³/mol. The van der Waals surface area contributed by atoms with E-state index in [9.17, 15) is 4.79 Å². The van der Waals surface area contributed by atoms with E-state index in [1.807, 2.05) is 55.7 Å². The van der Waals surface area contributed by atoms with Crippen molar-refractivity contribution in [2.75, 3.05) is 0 Å². The number of carboxylic acids is 1. The molecular formula is C15H18N2O2. The van der Waals surface area contributed by atoms with E-state index in [1.165, 1.54) is 0 Å². The first kappa shape index (κ1) is 13.3. The van der Waals surface area contributed by atoms with Gasteiger partial charge in [-0.1, -0.05) is 51.1 Å². The number of carbonyl (C=O) groups is 1. The maximum absolute atomic E-state index is 11.1. The minimum Gasteiger partial charge on any atom is -0.476 e. The molecule has 0 aliphatic carbocycles. The van der Waals surface area contributed by atoms with Gasteiger partial charge < -0.3 is 9.67 Å². The summed E-state index contributed by atoms with van der Waals surface area (Å²) < 4.78 is 1.92. The molecule has 2 rings (SSSR count). The molecule has 0 unspecified atom stereocenters. The van der Waals surface area contributed by atoms with Crippen LogP contribution in [0.3, 0.4) is 0 Å². The van der Waals surface area contributed by atoms with Gasteiger partial charge in [0.1, 0.15) is 5.82 Å². The van der Waals surface area contributed by atoms with Crippen LogP contribution in [0.2, 0.25) is 0 Å². The van der Waals surface area contributed by atoms with E-state index in [-0.39, 0.29) is 11.1 Å². The largest absolute Gasteiger partial charge is 0.476 e. The molecule has 2 aromatic rings. The van der Waals surface area contributed by atoms with E-state index in [4.69, 9.17) is 5.11 Å². The molecule has 4 heteroatoms. The summed E-state index contributed by atoms with van der Waals surface area (Å²) in [6, 6.07) is 9.95. The third-order valence-electron chi connectivity index (χ3n) is 2.86. The molecule has 1 aromatic heterocycles. The van der Waals surface area contributed by atoms with Gasteiger partial charge in [-0.3, -0.25) is 0 Å². The lowest BCUT2D eigenvalue weighted by atomic mass is 9.95. The Labute approximate surface area is 112 Å². The second-order valence-corrected chi connectivity index (χ2v) is 5.62. The Balaban J connectivity index is 2.41. The van der Waals surface area contributed by atoms with Crippen LogP contribution in [0.4, 0.5) is 0 Å². The van der Waals surface area contributed by atoms with E-state index in [2.05, 4.69) is 4.98 Å². The van der Waals surface area contributed by atoms with E-state index in [1.54, 1.807) is 6.20 Å². The smallest absolute Gasteiger partial charge is 0.356 e. The van der Waals surface area contributed by atoms with Crippen molar-refractivity contribution in [2.45, 2.75) is 32.7 Å². The summed E-state index contributed by atoms with van der Waals surface area (Å²) in [5.41, 5.74) is 1.03. The summed E-state index contributed by atoms with van der Waals surface area (Å²) in [6.07, 6.45) is 1.61. The highest BCUT2D eigenvalue weighted by Gasteiger charge is 2.23. The molecule has 1 heterocycles. The number of aromatic nitrogens is 2. The SMILES string of the molecule is CC(C)(C)c1nc(C(=O)O)cn1Cc1ccccc1. The molecule has 1 N–H and O–H groups in total. The fraction of sp³-hybridized carbons (Fsp3) is 0.333. The van der Waals surface area contributed by atoms with Crippen molar-refractivity contribution in [3.63, 3.8) is 0 Å². The highest BCUT2D eigenvalue weighted by Crippen LogP contribution is 2.22. The van der Waals surface area contributed by atoms with Crippen molar-refractivity contribution in [3.05, 3.63) is 53.6 Å². The van der Waals surface area contributed by atoms with Crippen LogP contribution in [-0.2, 0) is 12.0 Å². The summed E-state index contributed by atoms with van der Waals surface area (Å²) in [7, 11) is 0. The van der Waals surface area contributed by atoms with Crippen molar-refractivity contribution < 1.29 is 9.90 Å². The molecule has 1 aromatic carbocycles. The minimum absolute atomic E-state index is 0.0980. The zero-order valence-electron chi connectivity index (χ0n) is 11.4. The highest BCUT2D eigenvalue weighted by molar-refractivity contribution is 5.85. The van der Waals surface area contributed by atoms with Gasteiger partial charge in [-0.05, 0) is 5.56 Å². The Morgan fingerprint density at radius 1 is 1.26 bits per heavy atom. The summed E-state index contributed by atoms with van der Waals surface area (Å²) in [5.74, 6) is -0.203. The summed E-state index contributed by atoms with van der Waals surface area (Å²) in [4.78, 5) is 15.3. The molecule has 0 aliphatic rings. The zero-order valence-corrected chi connectivity index (χ0v) is 11.4. The first-order valence-electron chi connectivity index (χ1n) is 6.23. The number of rotatable bonds is 3. The first-order chi connectivity index (χ1) is 8.88. The topological polar surface area (TPSA) is 55.1 Å². The number of imidazole rings is 1. The van der Waals surface area contributed by atoms with Crippen LogP contribution in [0.25, 0.3) is 0 Å². The molecule has 0 radical (unpaired) electrons. The van der Waals surface area contributed by atoms with Gasteiger partial charge in [0.05, 0.1) is 0 Å². The van der Waals surface area contributed by atoms with Crippen LogP contribution in [-0.4, -0.2) is 20.6 Å². The molecule has 0 aliphatic heterocycles. The highest BCUT2D eigenvalue weighted by atomic mass is 16.4. The van der Waals surface area contributed by atoms with Crippen LogP contribution in [0.5, 0.6) is 0 Å². The van der Waals surface area contributed by atoms with E-state index in [0.717, 1.165) is 11.4 Å². The molecule has 0 saturated carbocycles. The molecule has 0 spiro atoms. The summed E-state index contributed by atoms with van der Waals surface area (Å²) >= 11 is 0. The average Bonchev–Trinajstić information content (AvgIpc) is 2.74. The van der Waals surface area contributed by atoms with Crippen molar-refractivity contribution in [2.24, 2.45) is 0 Å². The Morgan fingerprint density at radius 2 is 1.89 bits per heavy atom. The maximum Gasteiger partial charge on any atom is 0.356 e. The fourth-order valence-corrected chi connectivity index (χ4v) is 2.02. The average molecular weight is 258 g/mol. The second kappa shape index (κ2) is 4.88. The van der Waals surface area contributed by atoms with Gasteiger partial charge in [0.15, 0.2) is 5.69 Å². The fourth-order valence-electron chi connectivity index (χ4n) is 2.02. The third-order valence-corrected chi connectivity index (χ3v) is 2.86. The Morgan fingerprint density at radius 3 is 2.42 bits per heavy atom. The summed E-state index contributed by atoms with van der Waals surface area (Å²) in [6.45, 7) is 6.72. The zero-order chi connectivity index (χ0) is 14.0. The van der Waals surface area contributed by atoms with E-state index < -0.39 is 5.97 Å². The first-order valence-corrected chi connectivity index (χ1v) is 6.23. The number of benzene rings is 1. The van der Waals surface area contributed by atoms with Gasteiger partial charge >= 0.3 is 5.97 Å². The van der Waals surface area contributed by atoms with Gasteiger partial charge in [-0.25, -0.2) is 9.78 Å². The van der Waals surface area contributed by atoms with Crippen LogP contribution in [0, 0.1) is 0 Å². The standard InChI is InChI=1S/C15H18N2O2/c1-15(2,3)14-16-12(13(18)19)10-17(14)9-11-7-5-4-6-8-11/h4-8,10H,9H2,1-3H3,(H,18,19). The van der Waals surface area contributed by atoms with Crippen LogP contribution in [0.15, 0.2) is 36.5 Å². The predicted octanol–water partition coefficient (Wildman–Crippen LogP) is 2.93. The van der Waals surface area contributed by atoms with Gasteiger partial charge in [0.25, 0.3) is 0 Å². The molecular weight excluding hydrogens is 240 g/mol. The summed E-state index contributed by atoms with van der Waals surface area (Å²) in [5, 5.41) is 9.08. The molecule has 0 fully saturated rings. The number of carboxylic acid groups (broad SMARTS) is 1. The number of nitrogens with zero attached hydrogens (tertiary/aromatic N) is 2. The molecule has 0 saturated heterocycles. The van der Waals surface area contributed by atoms with Crippen molar-refractivity contribution in [3.8, 4) is 0 Å². The second-order valence-electron chi connectivity index (χ2n) is 5.62. The van der Waals surface area contributed by atoms with Crippen LogP contribution in [0.1, 0.15) is 42.6 Å². The minimum atomic E-state index is -0.989. The van der Waals surface area contributed by atoms with Gasteiger partial charge in [0, 0.05) is 18.2 Å². The van der Waals surface area contributed by atoms with Crippen molar-refractivity contribution in [1.29, 1.82) is 0 Å². The van der Waals surface area contributed by atoms with Crippen molar-refractivity contribution in [1.82, 2.24) is 9.55 Å². The lowest BCUT2D eigenvalue weighted by Crippen LogP contribution is -2.19. The number of aromatic carboxylic acids is 1. The Bertz CT molecular complexity index is 580. The number of hydrogen-bond donors (Lipinski definition) is 1.